The summed E-state index contributed by atoms with van der Waals surface area (Å²) in [5.74, 6) is -0.184. The number of para-hydroxylation sites is 1. The summed E-state index contributed by atoms with van der Waals surface area (Å²) >= 11 is 0. The molecule has 1 aromatic rings. The lowest BCUT2D eigenvalue weighted by Gasteiger charge is -2.18. The highest BCUT2D eigenvalue weighted by Crippen LogP contribution is 2.19. The van der Waals surface area contributed by atoms with E-state index in [1.165, 1.54) is 0 Å². The lowest BCUT2D eigenvalue weighted by molar-refractivity contribution is -0.117. The molecule has 0 radical (unpaired) electrons. The molecule has 3 heteroatoms. The fraction of sp³-hybridized carbons (Fsp3) is 0.500. The molecule has 17 heavy (non-hydrogen) atoms. The minimum absolute atomic E-state index is 0.184. The van der Waals surface area contributed by atoms with Gasteiger partial charge in [-0.25, -0.2) is 0 Å². The molecule has 0 unspecified atom stereocenters. The zero-order chi connectivity index (χ0) is 13.7. The maximum absolute atomic E-state index is 12.1. The normalized spacial score (nSPS) is 11.5. The number of rotatable bonds is 5. The number of benzene rings is 1. The lowest BCUT2D eigenvalue weighted by Crippen LogP contribution is -2.33. The van der Waals surface area contributed by atoms with Gasteiger partial charge in [0.05, 0.1) is 6.54 Å². The quantitative estimate of drug-likeness (QED) is 0.850. The van der Waals surface area contributed by atoms with Gasteiger partial charge in [0.1, 0.15) is 0 Å². The fourth-order valence-corrected chi connectivity index (χ4v) is 1.78. The van der Waals surface area contributed by atoms with Gasteiger partial charge in [-0.3, -0.25) is 9.69 Å². The molecule has 0 spiro atoms. The van der Waals surface area contributed by atoms with E-state index < -0.39 is 0 Å². The molecule has 0 aliphatic heterocycles. The average Bonchev–Trinajstić information content (AvgIpc) is 2.35. The van der Waals surface area contributed by atoms with Crippen LogP contribution in [0.3, 0.4) is 0 Å². The Morgan fingerprint density at radius 2 is 1.82 bits per heavy atom. The van der Waals surface area contributed by atoms with Crippen LogP contribution >= 0.6 is 0 Å². The van der Waals surface area contributed by atoms with Crippen LogP contribution in [0.1, 0.15) is 25.0 Å². The number of hydrogen-bond acceptors (Lipinski definition) is 2. The first-order chi connectivity index (χ1) is 8.51. The summed E-state index contributed by atoms with van der Waals surface area (Å²) in [6.45, 7) is 9.83. The Labute approximate surface area is 105 Å². The second kappa shape index (κ2) is 6.40. The molecule has 3 nitrogen and oxygen atoms in total. The summed E-state index contributed by atoms with van der Waals surface area (Å²) in [6, 6.07) is 5.79. The molecule has 0 aliphatic carbocycles. The second-order valence-corrected chi connectivity index (χ2v) is 4.21. The van der Waals surface area contributed by atoms with E-state index in [-0.39, 0.29) is 5.91 Å². The van der Waals surface area contributed by atoms with Gasteiger partial charge in [-0.2, -0.15) is 0 Å². The molecule has 0 heterocycles. The summed E-state index contributed by atoms with van der Waals surface area (Å²) in [5.41, 5.74) is 2.62. The summed E-state index contributed by atoms with van der Waals surface area (Å²) in [7, 11) is 0. The Morgan fingerprint density at radius 1 is 1.29 bits per heavy atom. The summed E-state index contributed by atoms with van der Waals surface area (Å²) in [6.07, 6.45) is 0. The Morgan fingerprint density at radius 3 is 2.29 bits per heavy atom. The zero-order valence-corrected chi connectivity index (χ0v) is 11.2. The molecule has 1 N–H and O–H groups in total. The van der Waals surface area contributed by atoms with E-state index in [1.807, 2.05) is 50.8 Å². The van der Waals surface area contributed by atoms with Crippen molar-refractivity contribution in [3.05, 3.63) is 29.3 Å². The smallest absolute Gasteiger partial charge is 0.238 e. The molecule has 94 valence electrons. The molecule has 0 atom stereocenters. The standard InChI is InChI=1S/C14H22N2O/c1-5-16(6-2)10-13(17)15-14-11(3)8-7-9-12(14)4/h7-9H,5-6,10H2,1-4H3,(H,15,17)/i/hD. The average molecular weight is 235 g/mol. The highest BCUT2D eigenvalue weighted by atomic mass is 16.2. The van der Waals surface area contributed by atoms with Gasteiger partial charge in [0, 0.05) is 5.69 Å². The van der Waals surface area contributed by atoms with E-state index in [2.05, 4.69) is 0 Å². The molecule has 1 amide bonds. The van der Waals surface area contributed by atoms with E-state index >= 15 is 0 Å². The topological polar surface area (TPSA) is 32.3 Å². The third kappa shape index (κ3) is 3.86. The van der Waals surface area contributed by atoms with Crippen LogP contribution < -0.4 is 5.31 Å². The van der Waals surface area contributed by atoms with Gasteiger partial charge in [-0.1, -0.05) is 32.0 Å². The molecule has 0 aromatic heterocycles. The van der Waals surface area contributed by atoms with Crippen LogP contribution in [-0.2, 0) is 4.79 Å². The number of amides is 1. The van der Waals surface area contributed by atoms with E-state index in [1.54, 1.807) is 0 Å². The zero-order valence-electron chi connectivity index (χ0n) is 12.2. The Hall–Kier alpha value is -1.35. The van der Waals surface area contributed by atoms with Gasteiger partial charge in [0.15, 0.2) is 1.41 Å². The van der Waals surface area contributed by atoms with E-state index in [0.29, 0.717) is 12.2 Å². The van der Waals surface area contributed by atoms with Gasteiger partial charge < -0.3 is 5.31 Å². The number of nitrogens with one attached hydrogen (secondary N) is 1. The fourth-order valence-electron chi connectivity index (χ4n) is 1.78. The van der Waals surface area contributed by atoms with Gasteiger partial charge in [0.2, 0.25) is 5.91 Å². The van der Waals surface area contributed by atoms with Crippen LogP contribution in [0.2, 0.25) is 1.41 Å². The van der Waals surface area contributed by atoms with Crippen LogP contribution in [0, 0.1) is 13.8 Å². The first-order valence-electron chi connectivity index (χ1n) is 6.56. The van der Waals surface area contributed by atoms with Crippen LogP contribution in [-0.4, -0.2) is 30.4 Å². The van der Waals surface area contributed by atoms with Crippen molar-refractivity contribution in [1.82, 2.24) is 4.90 Å². The summed E-state index contributed by atoms with van der Waals surface area (Å²) in [4.78, 5) is 14.1. The highest BCUT2D eigenvalue weighted by Gasteiger charge is 2.09. The highest BCUT2D eigenvalue weighted by molar-refractivity contribution is 5.93. The van der Waals surface area contributed by atoms with Crippen LogP contribution in [0.25, 0.3) is 0 Å². The van der Waals surface area contributed by atoms with Gasteiger partial charge in [0.25, 0.3) is 0 Å². The number of anilines is 1. The maximum Gasteiger partial charge on any atom is 0.238 e. The van der Waals surface area contributed by atoms with Crippen molar-refractivity contribution in [2.45, 2.75) is 27.7 Å². The molecule has 0 fully saturated rings. The lowest BCUT2D eigenvalue weighted by atomic mass is 10.1. The third-order valence-corrected chi connectivity index (χ3v) is 2.93. The van der Waals surface area contributed by atoms with Crippen LogP contribution in [0.15, 0.2) is 18.2 Å². The number of aryl methyl sites for hydroxylation is 2. The number of likely N-dealkylation sites (N-methyl/N-ethyl adjacent to an activating group) is 1. The van der Waals surface area contributed by atoms with Crippen molar-refractivity contribution in [2.75, 3.05) is 24.9 Å². The Kier molecular flexibility index (Phi) is 4.56. The number of carbonyl (C=O) groups is 1. The predicted octanol–water partition coefficient (Wildman–Crippen LogP) is 2.58. The van der Waals surface area contributed by atoms with Gasteiger partial charge in [-0.15, -0.1) is 0 Å². The van der Waals surface area contributed by atoms with Gasteiger partial charge >= 0.3 is 0 Å². The number of nitrogens with zero attached hydrogens (tertiary/aromatic N) is 1. The molecular weight excluding hydrogens is 212 g/mol. The molecule has 1 aromatic carbocycles. The van der Waals surface area contributed by atoms with Crippen LogP contribution in [0.4, 0.5) is 5.69 Å². The monoisotopic (exact) mass is 235 g/mol. The van der Waals surface area contributed by atoms with E-state index in [4.69, 9.17) is 1.41 Å². The van der Waals surface area contributed by atoms with Crippen molar-refractivity contribution in [3.8, 4) is 0 Å². The molecule has 0 saturated carbocycles. The van der Waals surface area contributed by atoms with Crippen molar-refractivity contribution in [3.63, 3.8) is 0 Å². The third-order valence-electron chi connectivity index (χ3n) is 2.93. The number of hydrogen-bond donors (Lipinski definition) is 1. The minimum atomic E-state index is -0.184. The van der Waals surface area contributed by atoms with Crippen molar-refractivity contribution < 1.29 is 6.21 Å². The van der Waals surface area contributed by atoms with Crippen molar-refractivity contribution in [2.24, 2.45) is 0 Å². The van der Waals surface area contributed by atoms with Crippen LogP contribution in [0.5, 0.6) is 0 Å². The Bertz CT molecular complexity index is 396. The van der Waals surface area contributed by atoms with Gasteiger partial charge in [-0.05, 0) is 38.1 Å². The SMILES string of the molecule is [2H]N(C(=O)CN(CC)CC)c1c(C)cccc1C. The molecule has 1 rings (SSSR count). The largest absolute Gasteiger partial charge is 0.324 e. The maximum atomic E-state index is 12.1. The molecule has 0 saturated heterocycles. The summed E-state index contributed by atoms with van der Waals surface area (Å²) < 4.78 is 8.00. The first-order valence-corrected chi connectivity index (χ1v) is 6.11. The number of carbonyl (C=O) groups excluding carboxylic acids is 1. The minimum Gasteiger partial charge on any atom is -0.324 e. The van der Waals surface area contributed by atoms with E-state index in [0.717, 1.165) is 29.5 Å². The molecular formula is C14H22N2O. The van der Waals surface area contributed by atoms with Crippen molar-refractivity contribution >= 4 is 11.6 Å². The first kappa shape index (κ1) is 12.1. The molecule has 0 aliphatic rings. The van der Waals surface area contributed by atoms with E-state index in [9.17, 15) is 4.79 Å². The summed E-state index contributed by atoms with van der Waals surface area (Å²) in [5, 5.41) is 1.03. The van der Waals surface area contributed by atoms with Crippen molar-refractivity contribution in [1.29, 1.82) is 0 Å². The second-order valence-electron chi connectivity index (χ2n) is 4.21. The molecule has 0 bridgehead atoms. The predicted molar refractivity (Wildman–Crippen MR) is 72.3 cm³/mol. The Balaban J connectivity index is 2.87.